The maximum atomic E-state index is 12.7. The first-order valence-electron chi connectivity index (χ1n) is 11.5. The second-order valence-corrected chi connectivity index (χ2v) is 16.6. The summed E-state index contributed by atoms with van der Waals surface area (Å²) in [5.74, 6) is -0.179. The van der Waals surface area contributed by atoms with Crippen LogP contribution in [0.3, 0.4) is 0 Å². The molecule has 3 aromatic rings. The SMILES string of the molecule is CC(=O)[O][Pb][S]/C(SN=Nc1ccc(S(=O)(=O)Nc2nccc(C)n2)cc1)=C1/C(=N)N(c2ccccc2)N=C1C. The summed E-state index contributed by atoms with van der Waals surface area (Å²) in [5.41, 5.74) is 3.02. The summed E-state index contributed by atoms with van der Waals surface area (Å²) in [4.78, 5) is 19.4. The Morgan fingerprint density at radius 1 is 1.10 bits per heavy atom. The number of amidine groups is 1. The van der Waals surface area contributed by atoms with Gasteiger partial charge in [0, 0.05) is 11.9 Å². The Hall–Kier alpha value is -3.16. The van der Waals surface area contributed by atoms with Crippen molar-refractivity contribution < 1.29 is 15.9 Å². The molecule has 1 aliphatic heterocycles. The Morgan fingerprint density at radius 3 is 2.50 bits per heavy atom. The van der Waals surface area contributed by atoms with Crippen molar-refractivity contribution in [3.63, 3.8) is 0 Å². The number of para-hydroxylation sites is 1. The molecule has 12 nitrogen and oxygen atoms in total. The minimum absolute atomic E-state index is 0.0147. The molecular weight excluding hydrogens is 768 g/mol. The fraction of sp³-hybridized carbons (Fsp3) is 0.125. The van der Waals surface area contributed by atoms with Gasteiger partial charge in [0.25, 0.3) is 0 Å². The van der Waals surface area contributed by atoms with Crippen LogP contribution in [0.1, 0.15) is 19.5 Å². The van der Waals surface area contributed by atoms with Gasteiger partial charge in [-0.15, -0.1) is 0 Å². The zero-order valence-electron chi connectivity index (χ0n) is 21.4. The second-order valence-electron chi connectivity index (χ2n) is 8.02. The van der Waals surface area contributed by atoms with Crippen molar-refractivity contribution in [3.05, 3.63) is 82.4 Å². The van der Waals surface area contributed by atoms with Gasteiger partial charge in [-0.3, -0.25) is 0 Å². The molecule has 2 heterocycles. The van der Waals surface area contributed by atoms with Crippen LogP contribution in [0.2, 0.25) is 0 Å². The van der Waals surface area contributed by atoms with E-state index in [2.05, 4.69) is 29.4 Å². The van der Waals surface area contributed by atoms with Gasteiger partial charge in [0.2, 0.25) is 0 Å². The summed E-state index contributed by atoms with van der Waals surface area (Å²) in [6, 6.07) is 16.9. The molecule has 4 rings (SSSR count). The molecule has 0 unspecified atom stereocenters. The van der Waals surface area contributed by atoms with Gasteiger partial charge in [-0.2, -0.15) is 0 Å². The third-order valence-corrected chi connectivity index (χ3v) is 15.1. The van der Waals surface area contributed by atoms with Crippen LogP contribution < -0.4 is 9.73 Å². The average Bonchev–Trinajstić information content (AvgIpc) is 3.21. The van der Waals surface area contributed by atoms with E-state index in [0.29, 0.717) is 26.9 Å². The Balaban J connectivity index is 1.51. The quantitative estimate of drug-likeness (QED) is 0.159. The van der Waals surface area contributed by atoms with Gasteiger partial charge >= 0.3 is 217 Å². The van der Waals surface area contributed by atoms with E-state index in [1.165, 1.54) is 50.7 Å². The van der Waals surface area contributed by atoms with Gasteiger partial charge in [-0.1, -0.05) is 0 Å². The number of aromatic nitrogens is 2. The van der Waals surface area contributed by atoms with Gasteiger partial charge < -0.3 is 0 Å². The number of nitrogens with one attached hydrogen (secondary N) is 2. The minimum atomic E-state index is -3.89. The van der Waals surface area contributed by atoms with Crippen molar-refractivity contribution >= 4 is 88.3 Å². The molecule has 204 valence electrons. The van der Waals surface area contributed by atoms with Crippen LogP contribution in [0.25, 0.3) is 0 Å². The monoisotopic (exact) mass is 790 g/mol. The van der Waals surface area contributed by atoms with Crippen molar-refractivity contribution in [1.29, 1.82) is 5.41 Å². The van der Waals surface area contributed by atoms with Crippen LogP contribution in [0.15, 0.2) is 96.3 Å². The number of sulfonamides is 1. The normalized spacial score (nSPS) is 14.8. The first-order valence-corrected chi connectivity index (χ1v) is 20.9. The topological polar surface area (TPSA) is 162 Å². The molecule has 0 spiro atoms. The number of aryl methyl sites for hydroxylation is 1. The molecule has 1 aromatic heterocycles. The van der Waals surface area contributed by atoms with E-state index in [4.69, 9.17) is 8.10 Å². The Morgan fingerprint density at radius 2 is 1.82 bits per heavy atom. The number of hydrazone groups is 1. The Bertz CT molecular complexity index is 1610. The molecule has 0 saturated heterocycles. The Labute approximate surface area is 250 Å². The standard InChI is InChI=1S/C22H20N8O2S3.C2H4O2.Pb/c1-14-12-13-24-22(25-14)28-35(31,32)18-10-8-16(9-11-18)26-29-34-21(33)19-15(2)27-30(20(19)23)17-6-4-3-5-7-17;1-2(3)4;/h3-13,23,33H,1-2H3,(H,24,25,28);1H3,(H,3,4);/q;;+2/p-2/b21-19-,23-20?,29-26?;;. The van der Waals surface area contributed by atoms with Gasteiger partial charge in [0.05, 0.1) is 0 Å². The van der Waals surface area contributed by atoms with Gasteiger partial charge in [0.1, 0.15) is 0 Å². The first kappa shape index (κ1) is 29.8. The molecule has 2 N–H and O–H groups in total. The molecule has 0 fully saturated rings. The Kier molecular flexibility index (Phi) is 10.0. The number of hydrogen-bond acceptors (Lipinski definition) is 12. The summed E-state index contributed by atoms with van der Waals surface area (Å²) in [6.45, 7) is 4.90. The number of anilines is 2. The van der Waals surface area contributed by atoms with E-state index in [-0.39, 0.29) is 22.6 Å². The predicted molar refractivity (Wildman–Crippen MR) is 158 cm³/mol. The summed E-state index contributed by atoms with van der Waals surface area (Å²) in [5, 5.41) is 19.0. The number of benzene rings is 2. The zero-order chi connectivity index (χ0) is 28.7. The molecule has 16 heteroatoms. The van der Waals surface area contributed by atoms with Crippen LogP contribution in [0.5, 0.6) is 0 Å². The van der Waals surface area contributed by atoms with Crippen molar-refractivity contribution in [2.24, 2.45) is 14.7 Å². The summed E-state index contributed by atoms with van der Waals surface area (Å²) >= 11 is -0.851. The third-order valence-electron chi connectivity index (χ3n) is 5.03. The summed E-state index contributed by atoms with van der Waals surface area (Å²) in [6.07, 6.45) is 1.47. The van der Waals surface area contributed by atoms with Gasteiger partial charge in [-0.05, 0) is 13.0 Å². The van der Waals surface area contributed by atoms with Crippen molar-refractivity contribution in [3.8, 4) is 0 Å². The third kappa shape index (κ3) is 7.73. The average molecular weight is 790 g/mol. The zero-order valence-corrected chi connectivity index (χ0v) is 27.7. The van der Waals surface area contributed by atoms with E-state index in [9.17, 15) is 13.2 Å². The number of carbonyl (C=O) groups excluding carboxylic acids is 1. The number of carbonyl (C=O) groups is 1. The van der Waals surface area contributed by atoms with E-state index < -0.39 is 33.2 Å². The fourth-order valence-electron chi connectivity index (χ4n) is 3.23. The number of nitrogens with zero attached hydrogens (tertiary/aromatic N) is 6. The molecule has 2 aromatic carbocycles. The number of hydrogen-bond donors (Lipinski definition) is 2. The van der Waals surface area contributed by atoms with Crippen molar-refractivity contribution in [1.82, 2.24) is 9.97 Å². The molecule has 0 aliphatic carbocycles. The molecule has 1 aliphatic rings. The van der Waals surface area contributed by atoms with Crippen LogP contribution >= 0.6 is 20.3 Å². The summed E-state index contributed by atoms with van der Waals surface area (Å²) < 4.78 is 37.9. The molecule has 2 radical (unpaired) electrons. The second kappa shape index (κ2) is 13.5. The van der Waals surface area contributed by atoms with Crippen molar-refractivity contribution in [2.45, 2.75) is 25.7 Å². The fourth-order valence-corrected chi connectivity index (χ4v) is 11.7. The number of rotatable bonds is 10. The van der Waals surface area contributed by atoms with Crippen LogP contribution in [-0.4, -0.2) is 59.1 Å². The van der Waals surface area contributed by atoms with E-state index in [1.807, 2.05) is 30.3 Å². The van der Waals surface area contributed by atoms with Crippen LogP contribution in [0.4, 0.5) is 17.3 Å². The first-order chi connectivity index (χ1) is 19.1. The molecule has 0 bridgehead atoms. The van der Waals surface area contributed by atoms with E-state index in [1.54, 1.807) is 19.9 Å². The van der Waals surface area contributed by atoms with Crippen LogP contribution in [0, 0.1) is 12.3 Å². The van der Waals surface area contributed by atoms with E-state index in [0.717, 1.165) is 17.6 Å². The van der Waals surface area contributed by atoms with Crippen LogP contribution in [-0.2, 0) is 17.5 Å². The van der Waals surface area contributed by atoms with E-state index >= 15 is 0 Å². The molecule has 0 saturated carbocycles. The van der Waals surface area contributed by atoms with Gasteiger partial charge in [0.15, 0.2) is 0 Å². The summed E-state index contributed by atoms with van der Waals surface area (Å²) in [7, 11) is -2.50. The molecule has 0 amide bonds. The van der Waals surface area contributed by atoms with Gasteiger partial charge in [-0.25, -0.2) is 9.97 Å². The maximum absolute atomic E-state index is 12.7. The molecule has 40 heavy (non-hydrogen) atoms. The molecular formula is C24H22N8O4PbS3. The predicted octanol–water partition coefficient (Wildman–Crippen LogP) is 5.23. The molecule has 0 atom stereocenters. The van der Waals surface area contributed by atoms with Crippen molar-refractivity contribution in [2.75, 3.05) is 9.73 Å².